The molecular weight excluding hydrogens is 204 g/mol. The smallest absolute Gasteiger partial charge is 0.224 e. The lowest BCUT2D eigenvalue weighted by molar-refractivity contribution is -0.120. The maximum absolute atomic E-state index is 11.5. The molecule has 0 radical (unpaired) electrons. The highest BCUT2D eigenvalue weighted by atomic mass is 16.1. The molecule has 2 rings (SSSR count). The van der Waals surface area contributed by atoms with E-state index in [4.69, 9.17) is 0 Å². The third-order valence-electron chi connectivity index (χ3n) is 2.12. The third-order valence-corrected chi connectivity index (χ3v) is 2.12. The molecule has 0 saturated carbocycles. The number of imidazole rings is 1. The summed E-state index contributed by atoms with van der Waals surface area (Å²) in [6, 6.07) is 3.69. The Hall–Kier alpha value is -2.17. The Bertz CT molecular complexity index is 438. The molecule has 5 nitrogen and oxygen atoms in total. The molecule has 5 heteroatoms. The second-order valence-electron chi connectivity index (χ2n) is 3.39. The average Bonchev–Trinajstić information content (AvgIpc) is 2.81. The number of pyridine rings is 1. The van der Waals surface area contributed by atoms with Gasteiger partial charge in [-0.25, -0.2) is 4.98 Å². The maximum Gasteiger partial charge on any atom is 0.224 e. The summed E-state index contributed by atoms with van der Waals surface area (Å²) in [4.78, 5) is 22.3. The molecule has 0 bridgehead atoms. The molecule has 0 aliphatic rings. The van der Waals surface area contributed by atoms with E-state index >= 15 is 0 Å². The topological polar surface area (TPSA) is 70.7 Å². The van der Waals surface area contributed by atoms with Gasteiger partial charge in [0.05, 0.1) is 25.0 Å². The number of aromatic amines is 1. The molecule has 0 unspecified atom stereocenters. The lowest BCUT2D eigenvalue weighted by atomic mass is 10.2. The summed E-state index contributed by atoms with van der Waals surface area (Å²) in [5, 5.41) is 2.80. The number of rotatable bonds is 4. The van der Waals surface area contributed by atoms with Crippen molar-refractivity contribution < 1.29 is 4.79 Å². The zero-order valence-corrected chi connectivity index (χ0v) is 8.68. The van der Waals surface area contributed by atoms with E-state index in [-0.39, 0.29) is 5.91 Å². The first-order valence-corrected chi connectivity index (χ1v) is 4.97. The average molecular weight is 216 g/mol. The van der Waals surface area contributed by atoms with Crippen LogP contribution in [-0.2, 0) is 17.8 Å². The van der Waals surface area contributed by atoms with Gasteiger partial charge in [0.15, 0.2) is 0 Å². The molecule has 0 aliphatic carbocycles. The zero-order valence-electron chi connectivity index (χ0n) is 8.68. The van der Waals surface area contributed by atoms with Crippen molar-refractivity contribution in [3.8, 4) is 0 Å². The molecule has 82 valence electrons. The number of aromatic nitrogens is 3. The molecule has 0 fully saturated rings. The highest BCUT2D eigenvalue weighted by molar-refractivity contribution is 5.78. The number of H-pyrrole nitrogens is 1. The van der Waals surface area contributed by atoms with Crippen molar-refractivity contribution in [3.05, 3.63) is 48.3 Å². The minimum absolute atomic E-state index is 0.0254. The molecule has 16 heavy (non-hydrogen) atoms. The van der Waals surface area contributed by atoms with Crippen molar-refractivity contribution in [2.24, 2.45) is 0 Å². The van der Waals surface area contributed by atoms with E-state index in [9.17, 15) is 4.79 Å². The van der Waals surface area contributed by atoms with E-state index in [1.807, 2.05) is 12.1 Å². The summed E-state index contributed by atoms with van der Waals surface area (Å²) in [5.74, 6) is -0.0254. The molecule has 1 amide bonds. The molecule has 2 aromatic rings. The normalized spacial score (nSPS) is 10.0. The van der Waals surface area contributed by atoms with Crippen molar-refractivity contribution in [1.29, 1.82) is 0 Å². The first kappa shape index (κ1) is 10.4. The number of nitrogens with zero attached hydrogens (tertiary/aromatic N) is 2. The Morgan fingerprint density at radius 1 is 1.38 bits per heavy atom. The fourth-order valence-electron chi connectivity index (χ4n) is 1.33. The quantitative estimate of drug-likeness (QED) is 0.788. The van der Waals surface area contributed by atoms with Crippen LogP contribution in [0.5, 0.6) is 0 Å². The van der Waals surface area contributed by atoms with Crippen LogP contribution in [0.2, 0.25) is 0 Å². The third kappa shape index (κ3) is 2.91. The standard InChI is InChI=1S/C11H12N4O/c16-11(4-9-2-1-3-12-5-9)14-7-10-6-13-8-15-10/h1-3,5-6,8H,4,7H2,(H,13,15)(H,14,16). The van der Waals surface area contributed by atoms with Crippen molar-refractivity contribution in [2.45, 2.75) is 13.0 Å². The van der Waals surface area contributed by atoms with Gasteiger partial charge >= 0.3 is 0 Å². The SMILES string of the molecule is O=C(Cc1cccnc1)NCc1cnc[nH]1. The van der Waals surface area contributed by atoms with E-state index in [0.29, 0.717) is 13.0 Å². The first-order chi connectivity index (χ1) is 7.84. The second kappa shape index (κ2) is 5.06. The van der Waals surface area contributed by atoms with Crippen molar-refractivity contribution in [2.75, 3.05) is 0 Å². The summed E-state index contributed by atoms with van der Waals surface area (Å²) in [7, 11) is 0. The van der Waals surface area contributed by atoms with Crippen LogP contribution in [0.1, 0.15) is 11.3 Å². The van der Waals surface area contributed by atoms with Crippen LogP contribution in [0.15, 0.2) is 37.1 Å². The van der Waals surface area contributed by atoms with E-state index < -0.39 is 0 Å². The van der Waals surface area contributed by atoms with Crippen LogP contribution in [0.4, 0.5) is 0 Å². The van der Waals surface area contributed by atoms with Crippen LogP contribution < -0.4 is 5.32 Å². The molecule has 0 aromatic carbocycles. The van der Waals surface area contributed by atoms with Gasteiger partial charge in [0, 0.05) is 18.6 Å². The molecular formula is C11H12N4O. The number of hydrogen-bond acceptors (Lipinski definition) is 3. The molecule has 2 N–H and O–H groups in total. The van der Waals surface area contributed by atoms with Crippen molar-refractivity contribution in [1.82, 2.24) is 20.3 Å². The monoisotopic (exact) mass is 216 g/mol. The fraction of sp³-hybridized carbons (Fsp3) is 0.182. The van der Waals surface area contributed by atoms with Crippen molar-refractivity contribution >= 4 is 5.91 Å². The van der Waals surface area contributed by atoms with Crippen molar-refractivity contribution in [3.63, 3.8) is 0 Å². The molecule has 0 spiro atoms. The van der Waals surface area contributed by atoms with Gasteiger partial charge in [-0.1, -0.05) is 6.07 Å². The minimum atomic E-state index is -0.0254. The minimum Gasteiger partial charge on any atom is -0.350 e. The predicted octanol–water partition coefficient (Wildman–Crippen LogP) is 0.664. The van der Waals surface area contributed by atoms with Gasteiger partial charge in [-0.3, -0.25) is 9.78 Å². The van der Waals surface area contributed by atoms with Gasteiger partial charge in [0.2, 0.25) is 5.91 Å². The van der Waals surface area contributed by atoms with Gasteiger partial charge in [-0.2, -0.15) is 0 Å². The van der Waals surface area contributed by atoms with E-state index in [1.165, 1.54) is 0 Å². The molecule has 2 aromatic heterocycles. The Labute approximate surface area is 92.9 Å². The van der Waals surface area contributed by atoms with Gasteiger partial charge in [0.1, 0.15) is 0 Å². The van der Waals surface area contributed by atoms with Crippen LogP contribution in [0.3, 0.4) is 0 Å². The molecule has 0 saturated heterocycles. The van der Waals surface area contributed by atoms with E-state index in [0.717, 1.165) is 11.3 Å². The van der Waals surface area contributed by atoms with Crippen LogP contribution in [0.25, 0.3) is 0 Å². The fourth-order valence-corrected chi connectivity index (χ4v) is 1.33. The lowest BCUT2D eigenvalue weighted by Gasteiger charge is -2.03. The Morgan fingerprint density at radius 3 is 3.00 bits per heavy atom. The number of hydrogen-bond donors (Lipinski definition) is 2. The first-order valence-electron chi connectivity index (χ1n) is 4.97. The Morgan fingerprint density at radius 2 is 2.31 bits per heavy atom. The summed E-state index contributed by atoms with van der Waals surface area (Å²) < 4.78 is 0. The molecule has 0 atom stereocenters. The molecule has 2 heterocycles. The van der Waals surface area contributed by atoms with Crippen LogP contribution in [0, 0.1) is 0 Å². The predicted molar refractivity (Wildman–Crippen MR) is 58.4 cm³/mol. The van der Waals surface area contributed by atoms with Gasteiger partial charge in [-0.05, 0) is 11.6 Å². The summed E-state index contributed by atoms with van der Waals surface area (Å²) in [5.41, 5.74) is 1.80. The van der Waals surface area contributed by atoms with E-state index in [1.54, 1.807) is 24.9 Å². The van der Waals surface area contributed by atoms with Crippen LogP contribution in [-0.4, -0.2) is 20.9 Å². The Balaban J connectivity index is 1.81. The second-order valence-corrected chi connectivity index (χ2v) is 3.39. The highest BCUT2D eigenvalue weighted by Crippen LogP contribution is 1.97. The Kier molecular flexibility index (Phi) is 3.28. The summed E-state index contributed by atoms with van der Waals surface area (Å²) >= 11 is 0. The van der Waals surface area contributed by atoms with Gasteiger partial charge in [0.25, 0.3) is 0 Å². The number of carbonyl (C=O) groups excluding carboxylic acids is 1. The largest absolute Gasteiger partial charge is 0.350 e. The summed E-state index contributed by atoms with van der Waals surface area (Å²) in [6.45, 7) is 0.471. The molecule has 0 aliphatic heterocycles. The van der Waals surface area contributed by atoms with E-state index in [2.05, 4.69) is 20.3 Å². The van der Waals surface area contributed by atoms with Gasteiger partial charge in [-0.15, -0.1) is 0 Å². The highest BCUT2D eigenvalue weighted by Gasteiger charge is 2.03. The summed E-state index contributed by atoms with van der Waals surface area (Å²) in [6.07, 6.45) is 7.00. The van der Waals surface area contributed by atoms with Crippen LogP contribution >= 0.6 is 0 Å². The zero-order chi connectivity index (χ0) is 11.2. The van der Waals surface area contributed by atoms with Gasteiger partial charge < -0.3 is 10.3 Å². The number of carbonyl (C=O) groups is 1. The number of amides is 1. The number of nitrogens with one attached hydrogen (secondary N) is 2. The lowest BCUT2D eigenvalue weighted by Crippen LogP contribution is -2.24. The maximum atomic E-state index is 11.5.